The Morgan fingerprint density at radius 2 is 1.20 bits per heavy atom. The zero-order valence-electron chi connectivity index (χ0n) is 14.7. The Morgan fingerprint density at radius 1 is 0.840 bits per heavy atom. The maximum Gasteiger partial charge on any atom is 0.327 e. The maximum absolute atomic E-state index is 12.6. The molecule has 1 N–H and O–H groups in total. The fraction of sp³-hybridized carbons (Fsp3) is 0.750. The molecule has 9 nitrogen and oxygen atoms in total. The molecule has 2 bridgehead atoms. The smallest absolute Gasteiger partial charge is 0.327 e. The standard InChI is InChI=1S/C16H23NO8/c1-5-24-11(18)9-10(12(19)25-6-2)16(14(21)23-4)8-7-15(9,17-16)13(20)22-3/h9-10,17H,5-8H2,1-4H3/t9-,10-,15-,16+/m0/s1. The monoisotopic (exact) mass is 357 g/mol. The van der Waals surface area contributed by atoms with Crippen molar-refractivity contribution in [3.8, 4) is 0 Å². The number of nitrogens with one attached hydrogen (secondary N) is 1. The number of hydrogen-bond donors (Lipinski definition) is 1. The van der Waals surface area contributed by atoms with Crippen LogP contribution in [0.5, 0.6) is 0 Å². The number of hydrogen-bond acceptors (Lipinski definition) is 9. The van der Waals surface area contributed by atoms with E-state index in [0.717, 1.165) is 0 Å². The molecule has 0 aromatic rings. The predicted molar refractivity (Wildman–Crippen MR) is 82.1 cm³/mol. The van der Waals surface area contributed by atoms with Crippen molar-refractivity contribution in [1.82, 2.24) is 5.32 Å². The lowest BCUT2D eigenvalue weighted by atomic mass is 9.66. The zero-order valence-corrected chi connectivity index (χ0v) is 14.7. The van der Waals surface area contributed by atoms with Crippen molar-refractivity contribution < 1.29 is 38.1 Å². The molecule has 2 heterocycles. The van der Waals surface area contributed by atoms with Gasteiger partial charge in [0.2, 0.25) is 0 Å². The number of ether oxygens (including phenoxy) is 4. The third kappa shape index (κ3) is 2.66. The van der Waals surface area contributed by atoms with Gasteiger partial charge in [-0.15, -0.1) is 0 Å². The van der Waals surface area contributed by atoms with Crippen LogP contribution in [0.25, 0.3) is 0 Å². The van der Waals surface area contributed by atoms with Crippen molar-refractivity contribution in [3.05, 3.63) is 0 Å². The molecule has 25 heavy (non-hydrogen) atoms. The van der Waals surface area contributed by atoms with Crippen molar-refractivity contribution in [2.45, 2.75) is 37.8 Å². The first-order chi connectivity index (χ1) is 11.8. The Morgan fingerprint density at radius 3 is 1.48 bits per heavy atom. The Bertz CT molecular complexity index is 541. The summed E-state index contributed by atoms with van der Waals surface area (Å²) in [6, 6.07) is 0. The van der Waals surface area contributed by atoms with E-state index in [4.69, 9.17) is 18.9 Å². The van der Waals surface area contributed by atoms with Gasteiger partial charge in [0.05, 0.1) is 27.4 Å². The van der Waals surface area contributed by atoms with Crippen molar-refractivity contribution in [2.24, 2.45) is 11.8 Å². The second-order valence-corrected chi connectivity index (χ2v) is 6.01. The van der Waals surface area contributed by atoms with Crippen molar-refractivity contribution in [3.63, 3.8) is 0 Å². The van der Waals surface area contributed by atoms with E-state index >= 15 is 0 Å². The molecule has 0 aromatic heterocycles. The van der Waals surface area contributed by atoms with Gasteiger partial charge in [0.25, 0.3) is 0 Å². The molecule has 2 rings (SSSR count). The normalized spacial score (nSPS) is 32.8. The zero-order chi connectivity index (χ0) is 18.8. The molecular formula is C16H23NO8. The number of rotatable bonds is 6. The SMILES string of the molecule is CCOC(=O)[C@@H]1[C@@H](C(=O)OCC)[C@]2(C(=O)OC)CC[C@@]1(C(=O)OC)N2. The summed E-state index contributed by atoms with van der Waals surface area (Å²) in [5.41, 5.74) is -3.07. The molecule has 140 valence electrons. The summed E-state index contributed by atoms with van der Waals surface area (Å²) >= 11 is 0. The number of carbonyl (C=O) groups is 4. The third-order valence-electron chi connectivity index (χ3n) is 4.94. The number of fused-ring (bicyclic) bond motifs is 2. The summed E-state index contributed by atoms with van der Waals surface area (Å²) in [5, 5.41) is 2.88. The highest BCUT2D eigenvalue weighted by Gasteiger charge is 2.77. The lowest BCUT2D eigenvalue weighted by Gasteiger charge is -2.35. The van der Waals surface area contributed by atoms with Gasteiger partial charge in [-0.3, -0.25) is 24.5 Å². The third-order valence-corrected chi connectivity index (χ3v) is 4.94. The molecule has 0 saturated carbocycles. The van der Waals surface area contributed by atoms with Crippen LogP contribution in [0.4, 0.5) is 0 Å². The van der Waals surface area contributed by atoms with Gasteiger partial charge in [-0.2, -0.15) is 0 Å². The number of carbonyl (C=O) groups excluding carboxylic acids is 4. The topological polar surface area (TPSA) is 117 Å². The quantitative estimate of drug-likeness (QED) is 0.499. The minimum Gasteiger partial charge on any atom is -0.468 e. The minimum atomic E-state index is -1.54. The lowest BCUT2D eigenvalue weighted by Crippen LogP contribution is -2.54. The van der Waals surface area contributed by atoms with Gasteiger partial charge >= 0.3 is 23.9 Å². The molecule has 4 atom stereocenters. The van der Waals surface area contributed by atoms with E-state index in [-0.39, 0.29) is 26.1 Å². The highest BCUT2D eigenvalue weighted by Crippen LogP contribution is 2.54. The Hall–Kier alpha value is -2.16. The molecule has 0 unspecified atom stereocenters. The highest BCUT2D eigenvalue weighted by atomic mass is 16.6. The maximum atomic E-state index is 12.6. The fourth-order valence-corrected chi connectivity index (χ4v) is 4.02. The summed E-state index contributed by atoms with van der Waals surface area (Å²) in [4.78, 5) is 50.2. The Kier molecular flexibility index (Phi) is 5.36. The van der Waals surface area contributed by atoms with Gasteiger partial charge in [-0.25, -0.2) is 0 Å². The average Bonchev–Trinajstić information content (AvgIpc) is 3.14. The molecule has 2 fully saturated rings. The molecule has 2 aliphatic rings. The Balaban J connectivity index is 2.60. The first kappa shape index (κ1) is 19.2. The van der Waals surface area contributed by atoms with Gasteiger partial charge in [0.15, 0.2) is 0 Å². The van der Waals surface area contributed by atoms with Crippen LogP contribution in [-0.4, -0.2) is 62.4 Å². The molecule has 2 aliphatic heterocycles. The van der Waals surface area contributed by atoms with Crippen LogP contribution in [0.2, 0.25) is 0 Å². The van der Waals surface area contributed by atoms with Gasteiger partial charge < -0.3 is 18.9 Å². The Labute approximate surface area is 145 Å². The van der Waals surface area contributed by atoms with E-state index in [1.165, 1.54) is 14.2 Å². The van der Waals surface area contributed by atoms with E-state index in [2.05, 4.69) is 5.32 Å². The molecule has 9 heteroatoms. The van der Waals surface area contributed by atoms with E-state index in [9.17, 15) is 19.2 Å². The second kappa shape index (κ2) is 6.99. The van der Waals surface area contributed by atoms with Crippen molar-refractivity contribution in [2.75, 3.05) is 27.4 Å². The van der Waals surface area contributed by atoms with Crippen LogP contribution in [0, 0.1) is 11.8 Å². The van der Waals surface area contributed by atoms with Gasteiger partial charge in [-0.05, 0) is 26.7 Å². The largest absolute Gasteiger partial charge is 0.468 e. The van der Waals surface area contributed by atoms with Crippen LogP contribution in [0.3, 0.4) is 0 Å². The summed E-state index contributed by atoms with van der Waals surface area (Å²) in [6.45, 7) is 3.35. The van der Waals surface area contributed by atoms with Crippen molar-refractivity contribution >= 4 is 23.9 Å². The van der Waals surface area contributed by atoms with Gasteiger partial charge in [0.1, 0.15) is 22.9 Å². The minimum absolute atomic E-state index is 0.0629. The molecule has 2 saturated heterocycles. The summed E-state index contributed by atoms with van der Waals surface area (Å²) in [7, 11) is 2.35. The van der Waals surface area contributed by atoms with E-state index < -0.39 is 46.8 Å². The van der Waals surface area contributed by atoms with Crippen LogP contribution >= 0.6 is 0 Å². The number of esters is 4. The van der Waals surface area contributed by atoms with Gasteiger partial charge in [-0.1, -0.05) is 0 Å². The van der Waals surface area contributed by atoms with Crippen LogP contribution in [0.1, 0.15) is 26.7 Å². The molecule has 0 amide bonds. The lowest BCUT2D eigenvalue weighted by molar-refractivity contribution is -0.171. The van der Waals surface area contributed by atoms with Crippen LogP contribution in [0.15, 0.2) is 0 Å². The predicted octanol–water partition coefficient (Wildman–Crippen LogP) is -0.434. The van der Waals surface area contributed by atoms with Gasteiger partial charge in [0, 0.05) is 0 Å². The molecular weight excluding hydrogens is 334 g/mol. The van der Waals surface area contributed by atoms with E-state index in [1.807, 2.05) is 0 Å². The summed E-state index contributed by atoms with van der Waals surface area (Å²) in [6.07, 6.45) is 0.266. The first-order valence-corrected chi connectivity index (χ1v) is 8.14. The van der Waals surface area contributed by atoms with Crippen molar-refractivity contribution in [1.29, 1.82) is 0 Å². The summed E-state index contributed by atoms with van der Waals surface area (Å²) in [5.74, 6) is -5.47. The molecule has 0 spiro atoms. The second-order valence-electron chi connectivity index (χ2n) is 6.01. The van der Waals surface area contributed by atoms with E-state index in [0.29, 0.717) is 0 Å². The number of methoxy groups -OCH3 is 2. The van der Waals surface area contributed by atoms with Crippen LogP contribution in [-0.2, 0) is 38.1 Å². The highest BCUT2D eigenvalue weighted by molar-refractivity contribution is 6.01. The summed E-state index contributed by atoms with van der Waals surface area (Å²) < 4.78 is 19.8. The molecule has 0 aliphatic carbocycles. The molecule has 0 aromatic carbocycles. The first-order valence-electron chi connectivity index (χ1n) is 8.14. The fourth-order valence-electron chi connectivity index (χ4n) is 4.02. The molecule has 0 radical (unpaired) electrons. The van der Waals surface area contributed by atoms with E-state index in [1.54, 1.807) is 13.8 Å². The van der Waals surface area contributed by atoms with Crippen LogP contribution < -0.4 is 5.32 Å². The average molecular weight is 357 g/mol.